The second-order valence-electron chi connectivity index (χ2n) is 4.95. The average Bonchev–Trinajstić information content (AvgIpc) is 2.42. The Hall–Kier alpha value is -1.14. The van der Waals surface area contributed by atoms with Gasteiger partial charge in [-0.2, -0.15) is 0 Å². The fourth-order valence-corrected chi connectivity index (χ4v) is 3.06. The molecule has 20 heavy (non-hydrogen) atoms. The van der Waals surface area contributed by atoms with Crippen LogP contribution in [-0.2, 0) is 10.0 Å². The summed E-state index contributed by atoms with van der Waals surface area (Å²) in [4.78, 5) is -0.0884. The number of unbranched alkanes of at least 4 members (excludes halogenated alkanes) is 1. The third-order valence-corrected chi connectivity index (χ3v) is 4.81. The van der Waals surface area contributed by atoms with Crippen LogP contribution in [0.1, 0.15) is 39.5 Å². The van der Waals surface area contributed by atoms with Crippen LogP contribution >= 0.6 is 0 Å². The summed E-state index contributed by atoms with van der Waals surface area (Å²) in [5.41, 5.74) is 5.28. The number of anilines is 1. The Balaban J connectivity index is 2.71. The number of nitrogens with one attached hydrogen (secondary N) is 1. The summed E-state index contributed by atoms with van der Waals surface area (Å²) in [6.45, 7) is 4.52. The normalized spacial score (nSPS) is 13.3. The number of nitrogens with two attached hydrogens (primary N) is 1. The highest BCUT2D eigenvalue weighted by Gasteiger charge is 2.17. The van der Waals surface area contributed by atoms with Gasteiger partial charge in [0.15, 0.2) is 0 Å². The van der Waals surface area contributed by atoms with Crippen LogP contribution in [0.4, 0.5) is 10.1 Å². The zero-order valence-corrected chi connectivity index (χ0v) is 12.8. The van der Waals surface area contributed by atoms with Crippen molar-refractivity contribution in [2.45, 2.75) is 44.4 Å². The minimum absolute atomic E-state index is 0.0571. The van der Waals surface area contributed by atoms with Crippen molar-refractivity contribution in [2.75, 3.05) is 12.3 Å². The maximum absolute atomic E-state index is 13.3. The van der Waals surface area contributed by atoms with E-state index in [2.05, 4.69) is 11.6 Å². The fourth-order valence-electron chi connectivity index (χ4n) is 1.93. The molecule has 3 N–H and O–H groups in total. The second kappa shape index (κ2) is 7.59. The van der Waals surface area contributed by atoms with Gasteiger partial charge in [0, 0.05) is 6.54 Å². The average molecular weight is 302 g/mol. The molecule has 0 heterocycles. The molecule has 0 saturated heterocycles. The van der Waals surface area contributed by atoms with E-state index < -0.39 is 15.8 Å². The van der Waals surface area contributed by atoms with E-state index in [0.29, 0.717) is 12.5 Å². The number of halogens is 1. The number of rotatable bonds is 8. The van der Waals surface area contributed by atoms with Crippen molar-refractivity contribution >= 4 is 15.7 Å². The first-order valence-electron chi connectivity index (χ1n) is 6.95. The summed E-state index contributed by atoms with van der Waals surface area (Å²) in [5, 5.41) is 0. The SMILES string of the molecule is CCCCC(CC)CNS(=O)(=O)c1ccc(N)c(F)c1. The van der Waals surface area contributed by atoms with E-state index in [9.17, 15) is 12.8 Å². The molecule has 0 radical (unpaired) electrons. The van der Waals surface area contributed by atoms with Gasteiger partial charge in [0.25, 0.3) is 0 Å². The number of hydrogen-bond acceptors (Lipinski definition) is 3. The molecule has 0 aliphatic carbocycles. The number of sulfonamides is 1. The molecule has 6 heteroatoms. The fraction of sp³-hybridized carbons (Fsp3) is 0.571. The third kappa shape index (κ3) is 4.76. The predicted octanol–water partition coefficient (Wildman–Crippen LogP) is 2.90. The van der Waals surface area contributed by atoms with E-state index in [4.69, 9.17) is 5.73 Å². The maximum Gasteiger partial charge on any atom is 0.240 e. The summed E-state index contributed by atoms with van der Waals surface area (Å²) in [6, 6.07) is 3.52. The van der Waals surface area contributed by atoms with E-state index >= 15 is 0 Å². The lowest BCUT2D eigenvalue weighted by molar-refractivity contribution is 0.443. The highest BCUT2D eigenvalue weighted by atomic mass is 32.2. The van der Waals surface area contributed by atoms with Crippen molar-refractivity contribution < 1.29 is 12.8 Å². The Morgan fingerprint density at radius 1 is 1.35 bits per heavy atom. The van der Waals surface area contributed by atoms with Gasteiger partial charge in [-0.1, -0.05) is 33.1 Å². The molecule has 0 aliphatic rings. The Morgan fingerprint density at radius 3 is 2.60 bits per heavy atom. The van der Waals surface area contributed by atoms with Crippen molar-refractivity contribution in [3.63, 3.8) is 0 Å². The van der Waals surface area contributed by atoms with Gasteiger partial charge < -0.3 is 5.73 Å². The second-order valence-corrected chi connectivity index (χ2v) is 6.72. The third-order valence-electron chi connectivity index (χ3n) is 3.39. The van der Waals surface area contributed by atoms with E-state index in [-0.39, 0.29) is 10.6 Å². The van der Waals surface area contributed by atoms with Crippen LogP contribution in [0.5, 0.6) is 0 Å². The van der Waals surface area contributed by atoms with E-state index in [0.717, 1.165) is 31.7 Å². The van der Waals surface area contributed by atoms with E-state index in [1.165, 1.54) is 12.1 Å². The largest absolute Gasteiger partial charge is 0.396 e. The van der Waals surface area contributed by atoms with E-state index in [1.54, 1.807) is 0 Å². The van der Waals surface area contributed by atoms with Gasteiger partial charge in [0.05, 0.1) is 10.6 Å². The van der Waals surface area contributed by atoms with Crippen LogP contribution in [0.2, 0.25) is 0 Å². The lowest BCUT2D eigenvalue weighted by Crippen LogP contribution is -2.29. The van der Waals surface area contributed by atoms with Crippen molar-refractivity contribution in [3.05, 3.63) is 24.0 Å². The molecule has 0 fully saturated rings. The molecule has 0 bridgehead atoms. The Kier molecular flexibility index (Phi) is 6.42. The molecule has 0 saturated carbocycles. The summed E-state index contributed by atoms with van der Waals surface area (Å²) in [7, 11) is -3.68. The standard InChI is InChI=1S/C14H23FN2O2S/c1-3-5-6-11(4-2)10-17-20(18,19)12-7-8-14(16)13(15)9-12/h7-9,11,17H,3-6,10,16H2,1-2H3. The molecular formula is C14H23FN2O2S. The molecule has 114 valence electrons. The molecule has 4 nitrogen and oxygen atoms in total. The van der Waals surface area contributed by atoms with Gasteiger partial charge in [0.1, 0.15) is 5.82 Å². The van der Waals surface area contributed by atoms with Crippen LogP contribution in [0.25, 0.3) is 0 Å². The molecule has 1 aromatic rings. The van der Waals surface area contributed by atoms with Gasteiger partial charge in [-0.05, 0) is 30.5 Å². The molecule has 0 amide bonds. The Bertz CT molecular complexity index is 532. The highest BCUT2D eigenvalue weighted by Crippen LogP contribution is 2.17. The van der Waals surface area contributed by atoms with Crippen LogP contribution in [0.3, 0.4) is 0 Å². The topological polar surface area (TPSA) is 72.2 Å². The van der Waals surface area contributed by atoms with Crippen LogP contribution in [0, 0.1) is 11.7 Å². The summed E-state index contributed by atoms with van der Waals surface area (Å²) in [5.74, 6) is -0.408. The first-order chi connectivity index (χ1) is 9.40. The molecule has 0 spiro atoms. The van der Waals surface area contributed by atoms with Crippen molar-refractivity contribution in [3.8, 4) is 0 Å². The minimum atomic E-state index is -3.68. The molecule has 1 atom stereocenters. The van der Waals surface area contributed by atoms with Gasteiger partial charge >= 0.3 is 0 Å². The van der Waals surface area contributed by atoms with Crippen molar-refractivity contribution in [1.29, 1.82) is 0 Å². The molecule has 1 unspecified atom stereocenters. The Labute approximate surface area is 120 Å². The zero-order chi connectivity index (χ0) is 15.2. The predicted molar refractivity (Wildman–Crippen MR) is 79.3 cm³/mol. The molecule has 1 rings (SSSR count). The quantitative estimate of drug-likeness (QED) is 0.725. The highest BCUT2D eigenvalue weighted by molar-refractivity contribution is 7.89. The van der Waals surface area contributed by atoms with Crippen molar-refractivity contribution in [1.82, 2.24) is 4.72 Å². The first kappa shape index (κ1) is 16.9. The van der Waals surface area contributed by atoms with Gasteiger partial charge in [-0.3, -0.25) is 0 Å². The maximum atomic E-state index is 13.3. The van der Waals surface area contributed by atoms with Crippen LogP contribution < -0.4 is 10.5 Å². The van der Waals surface area contributed by atoms with E-state index in [1.807, 2.05) is 6.92 Å². The number of benzene rings is 1. The van der Waals surface area contributed by atoms with Gasteiger partial charge in [-0.15, -0.1) is 0 Å². The van der Waals surface area contributed by atoms with Crippen LogP contribution in [-0.4, -0.2) is 15.0 Å². The smallest absolute Gasteiger partial charge is 0.240 e. The molecule has 0 aromatic heterocycles. The van der Waals surface area contributed by atoms with Gasteiger partial charge in [-0.25, -0.2) is 17.5 Å². The molecule has 0 aliphatic heterocycles. The minimum Gasteiger partial charge on any atom is -0.396 e. The zero-order valence-electron chi connectivity index (χ0n) is 12.0. The lowest BCUT2D eigenvalue weighted by atomic mass is 10.00. The van der Waals surface area contributed by atoms with Crippen LogP contribution in [0.15, 0.2) is 23.1 Å². The van der Waals surface area contributed by atoms with Gasteiger partial charge in [0.2, 0.25) is 10.0 Å². The first-order valence-corrected chi connectivity index (χ1v) is 8.43. The summed E-state index contributed by atoms with van der Waals surface area (Å²) < 4.78 is 40.0. The van der Waals surface area contributed by atoms with Crippen molar-refractivity contribution in [2.24, 2.45) is 5.92 Å². The number of nitrogen functional groups attached to an aromatic ring is 1. The summed E-state index contributed by atoms with van der Waals surface area (Å²) in [6.07, 6.45) is 4.08. The monoisotopic (exact) mass is 302 g/mol. The number of hydrogen-bond donors (Lipinski definition) is 2. The summed E-state index contributed by atoms with van der Waals surface area (Å²) >= 11 is 0. The Morgan fingerprint density at radius 2 is 2.05 bits per heavy atom. The molecule has 1 aromatic carbocycles. The molecular weight excluding hydrogens is 279 g/mol. The lowest BCUT2D eigenvalue weighted by Gasteiger charge is -2.15.